The fraction of sp³-hybridized carbons (Fsp3) is 0.385. The number of benzene rings is 1. The number of nitrogens with one attached hydrogen (secondary N) is 1. The lowest BCUT2D eigenvalue weighted by atomic mass is 10.1. The molecule has 0 saturated carbocycles. The first-order valence-electron chi connectivity index (χ1n) is 6.25. The zero-order chi connectivity index (χ0) is 13.2. The van der Waals surface area contributed by atoms with E-state index in [-0.39, 0.29) is 5.82 Å². The third kappa shape index (κ3) is 2.44. The predicted octanol–water partition coefficient (Wildman–Crippen LogP) is 1.76. The molecule has 0 bridgehead atoms. The van der Waals surface area contributed by atoms with Crippen LogP contribution in [0.3, 0.4) is 0 Å². The zero-order valence-corrected chi connectivity index (χ0v) is 10.7. The highest BCUT2D eigenvalue weighted by Gasteiger charge is 2.16. The molecule has 1 N–H and O–H groups in total. The Balaban J connectivity index is 1.87. The van der Waals surface area contributed by atoms with Gasteiger partial charge < -0.3 is 9.64 Å². The fourth-order valence-electron chi connectivity index (χ4n) is 2.17. The van der Waals surface area contributed by atoms with E-state index in [1.54, 1.807) is 6.07 Å². The Hall–Kier alpha value is -1.95. The van der Waals surface area contributed by atoms with Crippen molar-refractivity contribution in [2.75, 3.05) is 31.2 Å². The zero-order valence-electron chi connectivity index (χ0n) is 10.7. The van der Waals surface area contributed by atoms with Gasteiger partial charge in [0.1, 0.15) is 5.82 Å². The van der Waals surface area contributed by atoms with Crippen molar-refractivity contribution >= 4 is 5.95 Å². The number of H-pyrrole nitrogens is 1. The topological polar surface area (TPSA) is 54.0 Å². The van der Waals surface area contributed by atoms with Crippen LogP contribution in [-0.4, -0.2) is 41.5 Å². The number of nitrogens with zero attached hydrogens (tertiary/aromatic N) is 3. The first kappa shape index (κ1) is 12.1. The quantitative estimate of drug-likeness (QED) is 0.896. The van der Waals surface area contributed by atoms with Gasteiger partial charge in [0, 0.05) is 18.7 Å². The van der Waals surface area contributed by atoms with Crippen molar-refractivity contribution in [1.82, 2.24) is 15.2 Å². The molecule has 2 heterocycles. The van der Waals surface area contributed by atoms with E-state index in [1.807, 2.05) is 6.92 Å². The van der Waals surface area contributed by atoms with Crippen LogP contribution < -0.4 is 4.90 Å². The summed E-state index contributed by atoms with van der Waals surface area (Å²) in [6, 6.07) is 4.64. The van der Waals surface area contributed by atoms with Crippen molar-refractivity contribution in [3.63, 3.8) is 0 Å². The molecule has 0 atom stereocenters. The highest BCUT2D eigenvalue weighted by atomic mass is 19.1. The Kier molecular flexibility index (Phi) is 3.16. The van der Waals surface area contributed by atoms with E-state index in [1.165, 1.54) is 12.1 Å². The highest BCUT2D eigenvalue weighted by Crippen LogP contribution is 2.22. The Morgan fingerprint density at radius 1 is 1.32 bits per heavy atom. The first-order chi connectivity index (χ1) is 9.24. The maximum absolute atomic E-state index is 13.1. The van der Waals surface area contributed by atoms with E-state index in [9.17, 15) is 4.39 Å². The van der Waals surface area contributed by atoms with E-state index >= 15 is 0 Å². The summed E-state index contributed by atoms with van der Waals surface area (Å²) >= 11 is 0. The largest absolute Gasteiger partial charge is 0.378 e. The van der Waals surface area contributed by atoms with Crippen molar-refractivity contribution in [2.24, 2.45) is 0 Å². The Labute approximate surface area is 110 Å². The molecule has 0 radical (unpaired) electrons. The number of rotatable bonds is 2. The summed E-state index contributed by atoms with van der Waals surface area (Å²) in [7, 11) is 0. The summed E-state index contributed by atoms with van der Waals surface area (Å²) in [4.78, 5) is 6.55. The van der Waals surface area contributed by atoms with Crippen LogP contribution in [0.2, 0.25) is 0 Å². The van der Waals surface area contributed by atoms with Gasteiger partial charge in [0.05, 0.1) is 13.2 Å². The predicted molar refractivity (Wildman–Crippen MR) is 69.5 cm³/mol. The maximum atomic E-state index is 13.1. The van der Waals surface area contributed by atoms with Gasteiger partial charge in [0.2, 0.25) is 5.95 Å². The van der Waals surface area contributed by atoms with Crippen LogP contribution in [0.1, 0.15) is 5.56 Å². The van der Waals surface area contributed by atoms with Crippen molar-refractivity contribution in [3.8, 4) is 11.4 Å². The molecule has 1 aromatic heterocycles. The van der Waals surface area contributed by atoms with Gasteiger partial charge in [-0.25, -0.2) is 4.39 Å². The van der Waals surface area contributed by atoms with Crippen LogP contribution in [0.5, 0.6) is 0 Å². The molecular formula is C13H15FN4O. The lowest BCUT2D eigenvalue weighted by Crippen LogP contribution is -2.36. The van der Waals surface area contributed by atoms with Crippen molar-refractivity contribution in [3.05, 3.63) is 29.6 Å². The van der Waals surface area contributed by atoms with Crippen molar-refractivity contribution in [2.45, 2.75) is 6.92 Å². The average Bonchev–Trinajstić information content (AvgIpc) is 2.89. The number of ether oxygens (including phenoxy) is 1. The third-order valence-corrected chi connectivity index (χ3v) is 3.21. The number of anilines is 1. The van der Waals surface area contributed by atoms with E-state index in [0.717, 1.165) is 24.2 Å². The fourth-order valence-corrected chi connectivity index (χ4v) is 2.17. The van der Waals surface area contributed by atoms with Gasteiger partial charge in [-0.05, 0) is 30.7 Å². The smallest absolute Gasteiger partial charge is 0.245 e. The standard InChI is InChI=1S/C13H15FN4O/c1-9-8-10(14)2-3-11(9)12-15-13(17-16-12)18-4-6-19-7-5-18/h2-3,8H,4-7H2,1H3,(H,15,16,17). The molecule has 6 heteroatoms. The second-order valence-corrected chi connectivity index (χ2v) is 4.54. The van der Waals surface area contributed by atoms with Gasteiger partial charge in [-0.15, -0.1) is 5.10 Å². The van der Waals surface area contributed by atoms with Gasteiger partial charge >= 0.3 is 0 Å². The number of hydrogen-bond donors (Lipinski definition) is 1. The van der Waals surface area contributed by atoms with Crippen molar-refractivity contribution in [1.29, 1.82) is 0 Å². The molecule has 0 aliphatic carbocycles. The normalized spacial score (nSPS) is 15.8. The molecule has 1 aliphatic heterocycles. The molecule has 0 spiro atoms. The maximum Gasteiger partial charge on any atom is 0.245 e. The number of halogens is 1. The van der Waals surface area contributed by atoms with Crippen LogP contribution in [0, 0.1) is 12.7 Å². The van der Waals surface area contributed by atoms with E-state index in [2.05, 4.69) is 20.1 Å². The molecule has 0 unspecified atom stereocenters. The molecule has 1 aliphatic rings. The lowest BCUT2D eigenvalue weighted by Gasteiger charge is -2.25. The second-order valence-electron chi connectivity index (χ2n) is 4.54. The summed E-state index contributed by atoms with van der Waals surface area (Å²) in [5.41, 5.74) is 1.71. The number of morpholine rings is 1. The van der Waals surface area contributed by atoms with Gasteiger partial charge in [0.25, 0.3) is 0 Å². The highest BCUT2D eigenvalue weighted by molar-refractivity contribution is 5.60. The van der Waals surface area contributed by atoms with Gasteiger partial charge in [-0.2, -0.15) is 4.98 Å². The van der Waals surface area contributed by atoms with E-state index in [0.29, 0.717) is 25.0 Å². The number of aryl methyl sites for hydroxylation is 1. The van der Waals surface area contributed by atoms with Gasteiger partial charge in [-0.3, -0.25) is 5.10 Å². The first-order valence-corrected chi connectivity index (χ1v) is 6.25. The number of hydrogen-bond acceptors (Lipinski definition) is 4. The molecule has 5 nitrogen and oxygen atoms in total. The Morgan fingerprint density at radius 2 is 2.11 bits per heavy atom. The molecule has 1 aromatic carbocycles. The summed E-state index contributed by atoms with van der Waals surface area (Å²) in [6.07, 6.45) is 0. The molecule has 3 rings (SSSR count). The molecule has 19 heavy (non-hydrogen) atoms. The Morgan fingerprint density at radius 3 is 2.84 bits per heavy atom. The molecule has 100 valence electrons. The minimum Gasteiger partial charge on any atom is -0.378 e. The van der Waals surface area contributed by atoms with Gasteiger partial charge in [-0.1, -0.05) is 0 Å². The van der Waals surface area contributed by atoms with E-state index in [4.69, 9.17) is 4.74 Å². The Bertz CT molecular complexity index is 578. The lowest BCUT2D eigenvalue weighted by molar-refractivity contribution is 0.122. The van der Waals surface area contributed by atoms with Crippen LogP contribution in [0.15, 0.2) is 18.2 Å². The monoisotopic (exact) mass is 262 g/mol. The summed E-state index contributed by atoms with van der Waals surface area (Å²) < 4.78 is 18.4. The van der Waals surface area contributed by atoms with Crippen LogP contribution in [0.25, 0.3) is 11.4 Å². The number of aromatic nitrogens is 3. The minimum atomic E-state index is -0.242. The molecular weight excluding hydrogens is 247 g/mol. The van der Waals surface area contributed by atoms with Crippen LogP contribution in [0.4, 0.5) is 10.3 Å². The minimum absolute atomic E-state index is 0.242. The second kappa shape index (κ2) is 4.97. The molecule has 1 fully saturated rings. The van der Waals surface area contributed by atoms with E-state index < -0.39 is 0 Å². The average molecular weight is 262 g/mol. The molecule has 2 aromatic rings. The summed E-state index contributed by atoms with van der Waals surface area (Å²) in [5, 5.41) is 7.13. The van der Waals surface area contributed by atoms with Crippen LogP contribution in [-0.2, 0) is 4.74 Å². The molecule has 1 saturated heterocycles. The summed E-state index contributed by atoms with van der Waals surface area (Å²) in [5.74, 6) is 1.09. The summed E-state index contributed by atoms with van der Waals surface area (Å²) in [6.45, 7) is 4.83. The van der Waals surface area contributed by atoms with Gasteiger partial charge in [0.15, 0.2) is 5.82 Å². The third-order valence-electron chi connectivity index (χ3n) is 3.21. The van der Waals surface area contributed by atoms with Crippen LogP contribution >= 0.6 is 0 Å². The van der Waals surface area contributed by atoms with Crippen molar-refractivity contribution < 1.29 is 9.13 Å². The molecule has 0 amide bonds. The number of aromatic amines is 1. The SMILES string of the molecule is Cc1cc(F)ccc1-c1nc(N2CCOCC2)n[nH]1.